The first kappa shape index (κ1) is 12.3. The summed E-state index contributed by atoms with van der Waals surface area (Å²) in [4.78, 5) is 10.9. The molecule has 0 saturated carbocycles. The molecule has 0 aliphatic carbocycles. The predicted octanol–water partition coefficient (Wildman–Crippen LogP) is 2.40. The molecule has 0 saturated heterocycles. The molecule has 1 amide bonds. The summed E-state index contributed by atoms with van der Waals surface area (Å²) in [5, 5.41) is 3.91. The average molecular weight is 219 g/mol. The summed E-state index contributed by atoms with van der Waals surface area (Å²) in [6, 6.07) is 7.72. The Hall–Kier alpha value is -0.778. The van der Waals surface area contributed by atoms with Crippen molar-refractivity contribution in [2.45, 2.75) is 29.7 Å². The molecular weight excluding hydrogens is 201 g/mol. The van der Waals surface area contributed by atoms with Crippen molar-refractivity contribution in [1.82, 2.24) is 0 Å². The molecule has 2 N–H and O–H groups in total. The van der Waals surface area contributed by atoms with Crippen LogP contribution in [-0.2, 0) is 5.28 Å². The number of primary amides is 1. The Balaban J connectivity index is 2.67. The van der Waals surface area contributed by atoms with E-state index >= 15 is 0 Å². The Morgan fingerprint density at radius 3 is 2.13 bits per heavy atom. The van der Waals surface area contributed by atoms with E-state index in [0.29, 0.717) is 5.56 Å². The minimum absolute atomic E-state index is 0.346. The van der Waals surface area contributed by atoms with Gasteiger partial charge in [0.1, 0.15) is 0 Å². The zero-order valence-electron chi connectivity index (χ0n) is 9.49. The van der Waals surface area contributed by atoms with Crippen molar-refractivity contribution in [2.24, 2.45) is 5.73 Å². The van der Waals surface area contributed by atoms with Crippen LogP contribution in [0.1, 0.15) is 29.8 Å². The van der Waals surface area contributed by atoms with Gasteiger partial charge >= 0.3 is 0 Å². The molecule has 1 rings (SSSR count). The van der Waals surface area contributed by atoms with Gasteiger partial charge in [-0.15, -0.1) is 0 Å². The Bertz CT molecular complexity index is 317. The minimum atomic E-state index is -0.575. The highest BCUT2D eigenvalue weighted by atomic mass is 27.2. The van der Waals surface area contributed by atoms with Gasteiger partial charge in [0, 0.05) is 5.56 Å². The van der Waals surface area contributed by atoms with E-state index < -0.39 is 14.1 Å². The lowest BCUT2D eigenvalue weighted by Gasteiger charge is -2.06. The summed E-state index contributed by atoms with van der Waals surface area (Å²) in [5.74, 6) is -0.346. The van der Waals surface area contributed by atoms with Crippen LogP contribution in [0.15, 0.2) is 24.3 Å². The van der Waals surface area contributed by atoms with Crippen molar-refractivity contribution in [3.63, 3.8) is 0 Å². The van der Waals surface area contributed by atoms with E-state index in [4.69, 9.17) is 5.73 Å². The average Bonchev–Trinajstić information content (AvgIpc) is 2.26. The van der Waals surface area contributed by atoms with Gasteiger partial charge in [-0.2, -0.15) is 0 Å². The van der Waals surface area contributed by atoms with E-state index in [0.717, 1.165) is 0 Å². The molecule has 0 radical (unpaired) electrons. The van der Waals surface area contributed by atoms with Gasteiger partial charge < -0.3 is 5.73 Å². The van der Waals surface area contributed by atoms with Gasteiger partial charge in [-0.05, 0) is 12.1 Å². The number of rotatable bonds is 5. The minimum Gasteiger partial charge on any atom is -0.366 e. The smallest absolute Gasteiger partial charge is 0.266 e. The first-order chi connectivity index (χ1) is 7.17. The fourth-order valence-corrected chi connectivity index (χ4v) is 3.81. The summed E-state index contributed by atoms with van der Waals surface area (Å²) in [5.41, 5.74) is 7.14. The van der Waals surface area contributed by atoms with E-state index in [1.807, 2.05) is 24.3 Å². The summed E-state index contributed by atoms with van der Waals surface area (Å²) >= 11 is -0.575. The second kappa shape index (κ2) is 5.95. The fraction of sp³-hybridized carbons (Fsp3) is 0.417. The molecule has 2 nitrogen and oxygen atoms in total. The Kier molecular flexibility index (Phi) is 4.88. The molecule has 1 aromatic carbocycles. The molecule has 1 aromatic rings. The third-order valence-electron chi connectivity index (χ3n) is 2.92. The van der Waals surface area contributed by atoms with Gasteiger partial charge in [-0.1, -0.05) is 47.4 Å². The van der Waals surface area contributed by atoms with Gasteiger partial charge in [-0.3, -0.25) is 4.79 Å². The van der Waals surface area contributed by atoms with Crippen LogP contribution in [0.4, 0.5) is 0 Å². The van der Waals surface area contributed by atoms with E-state index in [2.05, 4.69) is 13.8 Å². The van der Waals surface area contributed by atoms with E-state index in [1.165, 1.54) is 21.4 Å². The van der Waals surface area contributed by atoms with Crippen LogP contribution in [0, 0.1) is 0 Å². The largest absolute Gasteiger partial charge is 0.366 e. The van der Waals surface area contributed by atoms with Crippen LogP contribution < -0.4 is 5.73 Å². The van der Waals surface area contributed by atoms with Gasteiger partial charge in [-0.25, -0.2) is 0 Å². The van der Waals surface area contributed by atoms with Crippen molar-refractivity contribution >= 4 is 20.1 Å². The highest BCUT2D eigenvalue weighted by Gasteiger charge is 2.12. The quantitative estimate of drug-likeness (QED) is 0.759. The van der Waals surface area contributed by atoms with E-state index in [1.54, 1.807) is 0 Å². The number of carbonyl (C=O) groups excluding carboxylic acids is 1. The molecule has 3 heteroatoms. The fourth-order valence-electron chi connectivity index (χ4n) is 1.72. The molecule has 0 aliphatic heterocycles. The molecule has 0 fully saturated rings. The van der Waals surface area contributed by atoms with Gasteiger partial charge in [0.05, 0.1) is 0 Å². The van der Waals surface area contributed by atoms with Crippen molar-refractivity contribution in [3.8, 4) is 0 Å². The molecule has 0 bridgehead atoms. The second-order valence-electron chi connectivity index (χ2n) is 3.95. The van der Waals surface area contributed by atoms with Gasteiger partial charge in [0.25, 0.3) is 14.1 Å². The number of hydrogen-bond acceptors (Lipinski definition) is 1. The standard InChI is InChI=1S/C8H8NO.2C2H5.Al/c1-6-2-4-7(5-3-6)8(9)10;2*1-2;/h2-5H,1H2,(H2,9,10);2*1H2,2H3;. The highest BCUT2D eigenvalue weighted by Crippen LogP contribution is 2.10. The SMILES string of the molecule is C[CH2][Al]([CH2]C)[CH2]c1ccc(C(N)=O)cc1. The molecule has 0 aliphatic rings. The second-order valence-corrected chi connectivity index (χ2v) is 7.72. The lowest BCUT2D eigenvalue weighted by molar-refractivity contribution is 0.100. The molecule has 0 atom stereocenters. The first-order valence-electron chi connectivity index (χ1n) is 5.56. The van der Waals surface area contributed by atoms with Crippen molar-refractivity contribution in [1.29, 1.82) is 0 Å². The summed E-state index contributed by atoms with van der Waals surface area (Å²) in [6.07, 6.45) is 0. The number of nitrogens with two attached hydrogens (primary N) is 1. The van der Waals surface area contributed by atoms with E-state index in [-0.39, 0.29) is 5.91 Å². The maximum atomic E-state index is 10.9. The van der Waals surface area contributed by atoms with Crippen LogP contribution in [0.25, 0.3) is 0 Å². The van der Waals surface area contributed by atoms with Crippen LogP contribution in [-0.4, -0.2) is 20.1 Å². The Labute approximate surface area is 95.9 Å². The number of carbonyl (C=O) groups is 1. The predicted molar refractivity (Wildman–Crippen MR) is 65.4 cm³/mol. The maximum Gasteiger partial charge on any atom is 0.266 e. The highest BCUT2D eigenvalue weighted by molar-refractivity contribution is 6.58. The Morgan fingerprint density at radius 2 is 1.73 bits per heavy atom. The van der Waals surface area contributed by atoms with Crippen LogP contribution in [0.5, 0.6) is 0 Å². The normalized spacial score (nSPS) is 10.0. The number of amides is 1. The lowest BCUT2D eigenvalue weighted by atomic mass is 10.1. The van der Waals surface area contributed by atoms with Gasteiger partial charge in [0.2, 0.25) is 5.91 Å². The number of benzene rings is 1. The van der Waals surface area contributed by atoms with Crippen LogP contribution >= 0.6 is 0 Å². The molecule has 0 heterocycles. The van der Waals surface area contributed by atoms with Crippen molar-refractivity contribution in [3.05, 3.63) is 35.4 Å². The Morgan fingerprint density at radius 1 is 1.20 bits per heavy atom. The molecule has 15 heavy (non-hydrogen) atoms. The molecule has 0 unspecified atom stereocenters. The zero-order valence-corrected chi connectivity index (χ0v) is 10.6. The molecule has 0 aromatic heterocycles. The van der Waals surface area contributed by atoms with Crippen molar-refractivity contribution in [2.75, 3.05) is 0 Å². The summed E-state index contributed by atoms with van der Waals surface area (Å²) in [6.45, 7) is 4.55. The summed E-state index contributed by atoms with van der Waals surface area (Å²) in [7, 11) is 0. The van der Waals surface area contributed by atoms with Crippen molar-refractivity contribution < 1.29 is 4.79 Å². The van der Waals surface area contributed by atoms with Crippen LogP contribution in [0.2, 0.25) is 10.6 Å². The molecule has 80 valence electrons. The number of hydrogen-bond donors (Lipinski definition) is 1. The summed E-state index contributed by atoms with van der Waals surface area (Å²) < 4.78 is 0. The maximum absolute atomic E-state index is 10.9. The third kappa shape index (κ3) is 3.70. The van der Waals surface area contributed by atoms with Crippen LogP contribution in [0.3, 0.4) is 0 Å². The first-order valence-corrected chi connectivity index (χ1v) is 8.01. The monoisotopic (exact) mass is 219 g/mol. The third-order valence-corrected chi connectivity index (χ3v) is 6.28. The topological polar surface area (TPSA) is 43.1 Å². The molecule has 0 spiro atoms. The van der Waals surface area contributed by atoms with Gasteiger partial charge in [0.15, 0.2) is 0 Å². The zero-order chi connectivity index (χ0) is 11.3. The van der Waals surface area contributed by atoms with E-state index in [9.17, 15) is 4.79 Å². The lowest BCUT2D eigenvalue weighted by Crippen LogP contribution is -2.14. The molecular formula is C12H18AlNO.